The number of hydrogen-bond acceptors (Lipinski definition) is 4. The van der Waals surface area contributed by atoms with Crippen molar-refractivity contribution in [1.29, 1.82) is 0 Å². The minimum Gasteiger partial charge on any atom is -0.477 e. The summed E-state index contributed by atoms with van der Waals surface area (Å²) < 4.78 is 0.275. The van der Waals surface area contributed by atoms with Crippen LogP contribution in [-0.2, 0) is 6.54 Å². The summed E-state index contributed by atoms with van der Waals surface area (Å²) in [6, 6.07) is 1.93. The van der Waals surface area contributed by atoms with Crippen molar-refractivity contribution < 1.29 is 9.90 Å². The fourth-order valence-corrected chi connectivity index (χ4v) is 4.07. The van der Waals surface area contributed by atoms with E-state index in [1.54, 1.807) is 0 Å². The van der Waals surface area contributed by atoms with Crippen LogP contribution in [0.25, 0.3) is 0 Å². The van der Waals surface area contributed by atoms with Gasteiger partial charge < -0.3 is 5.11 Å². The van der Waals surface area contributed by atoms with Gasteiger partial charge in [-0.2, -0.15) is 11.8 Å². The van der Waals surface area contributed by atoms with E-state index in [9.17, 15) is 4.79 Å². The van der Waals surface area contributed by atoms with E-state index in [0.717, 1.165) is 31.0 Å². The Hall–Kier alpha value is -0.520. The molecule has 0 aliphatic carbocycles. The maximum Gasteiger partial charge on any atom is 0.346 e. The molecular formula is C12H17NO2S2. The van der Waals surface area contributed by atoms with E-state index in [1.165, 1.54) is 11.3 Å². The van der Waals surface area contributed by atoms with Crippen molar-refractivity contribution in [2.45, 2.75) is 25.1 Å². The van der Waals surface area contributed by atoms with Crippen LogP contribution in [0, 0.1) is 0 Å². The average molecular weight is 271 g/mol. The highest BCUT2D eigenvalue weighted by Gasteiger charge is 2.27. The summed E-state index contributed by atoms with van der Waals surface area (Å²) in [5.41, 5.74) is 0.949. The first kappa shape index (κ1) is 12.9. The third kappa shape index (κ3) is 3.24. The fraction of sp³-hybridized carbons (Fsp3) is 0.583. The molecule has 3 nitrogen and oxygen atoms in total. The molecule has 0 radical (unpaired) electrons. The van der Waals surface area contributed by atoms with Gasteiger partial charge in [0.25, 0.3) is 0 Å². The van der Waals surface area contributed by atoms with E-state index in [0.29, 0.717) is 4.88 Å². The molecule has 94 valence electrons. The van der Waals surface area contributed by atoms with Crippen LogP contribution in [0.15, 0.2) is 11.4 Å². The Labute approximate surface area is 110 Å². The summed E-state index contributed by atoms with van der Waals surface area (Å²) in [6.07, 6.45) is 0. The Balaban J connectivity index is 2.05. The van der Waals surface area contributed by atoms with Crippen molar-refractivity contribution in [3.63, 3.8) is 0 Å². The highest BCUT2D eigenvalue weighted by molar-refractivity contribution is 8.00. The number of carboxylic acids is 1. The fourth-order valence-electron chi connectivity index (χ4n) is 2.14. The van der Waals surface area contributed by atoms with Gasteiger partial charge in [0.05, 0.1) is 0 Å². The molecule has 5 heteroatoms. The number of thiophene rings is 1. The minimum atomic E-state index is -0.805. The lowest BCUT2D eigenvalue weighted by Crippen LogP contribution is -2.42. The van der Waals surface area contributed by atoms with Crippen molar-refractivity contribution in [3.8, 4) is 0 Å². The first-order chi connectivity index (χ1) is 7.98. The van der Waals surface area contributed by atoms with Crippen LogP contribution in [0.1, 0.15) is 29.1 Å². The quantitative estimate of drug-likeness (QED) is 0.917. The first-order valence-corrected chi connectivity index (χ1v) is 7.50. The third-order valence-corrected chi connectivity index (χ3v) is 5.08. The molecule has 0 amide bonds. The van der Waals surface area contributed by atoms with Gasteiger partial charge in [0.2, 0.25) is 0 Å². The smallest absolute Gasteiger partial charge is 0.346 e. The van der Waals surface area contributed by atoms with E-state index in [-0.39, 0.29) is 4.75 Å². The molecule has 1 aliphatic heterocycles. The van der Waals surface area contributed by atoms with Gasteiger partial charge >= 0.3 is 5.97 Å². The van der Waals surface area contributed by atoms with Crippen LogP contribution >= 0.6 is 23.1 Å². The van der Waals surface area contributed by atoms with Crippen LogP contribution in [-0.4, -0.2) is 39.6 Å². The van der Waals surface area contributed by atoms with Crippen molar-refractivity contribution in [3.05, 3.63) is 21.9 Å². The van der Waals surface area contributed by atoms with E-state index in [2.05, 4.69) is 18.7 Å². The second kappa shape index (κ2) is 5.00. The summed E-state index contributed by atoms with van der Waals surface area (Å²) in [7, 11) is 0. The molecule has 1 aromatic heterocycles. The molecule has 1 fully saturated rings. The largest absolute Gasteiger partial charge is 0.477 e. The van der Waals surface area contributed by atoms with Crippen LogP contribution in [0.4, 0.5) is 0 Å². The molecule has 0 spiro atoms. The Kier molecular flexibility index (Phi) is 3.80. The zero-order chi connectivity index (χ0) is 12.5. The molecule has 0 bridgehead atoms. The van der Waals surface area contributed by atoms with Crippen molar-refractivity contribution in [2.75, 3.05) is 18.8 Å². The second-order valence-corrected chi connectivity index (χ2v) is 7.62. The Morgan fingerprint density at radius 3 is 3.00 bits per heavy atom. The van der Waals surface area contributed by atoms with Gasteiger partial charge in [-0.15, -0.1) is 11.3 Å². The van der Waals surface area contributed by atoms with Crippen molar-refractivity contribution in [2.24, 2.45) is 0 Å². The highest BCUT2D eigenvalue weighted by Crippen LogP contribution is 2.30. The van der Waals surface area contributed by atoms with Gasteiger partial charge in [0.15, 0.2) is 0 Å². The maximum atomic E-state index is 11.0. The summed E-state index contributed by atoms with van der Waals surface area (Å²) in [5, 5.41) is 10.9. The monoisotopic (exact) mass is 271 g/mol. The summed E-state index contributed by atoms with van der Waals surface area (Å²) in [5.74, 6) is 0.320. The number of aromatic carboxylic acids is 1. The zero-order valence-corrected chi connectivity index (χ0v) is 11.7. The summed E-state index contributed by atoms with van der Waals surface area (Å²) >= 11 is 3.31. The molecule has 1 saturated heterocycles. The molecule has 0 atom stereocenters. The highest BCUT2D eigenvalue weighted by atomic mass is 32.2. The standard InChI is InChI=1S/C12H17NO2S2/c1-12(2)8-13(4-6-17-12)7-9-3-5-16-10(9)11(14)15/h3,5H,4,6-8H2,1-2H3,(H,14,15). The maximum absolute atomic E-state index is 11.0. The normalized spacial score (nSPS) is 20.4. The number of hydrogen-bond donors (Lipinski definition) is 1. The van der Waals surface area contributed by atoms with E-state index in [1.807, 2.05) is 23.2 Å². The van der Waals surface area contributed by atoms with E-state index in [4.69, 9.17) is 5.11 Å². The molecule has 1 N–H and O–H groups in total. The predicted molar refractivity (Wildman–Crippen MR) is 73.1 cm³/mol. The molecule has 17 heavy (non-hydrogen) atoms. The number of rotatable bonds is 3. The molecule has 1 aliphatic rings. The van der Waals surface area contributed by atoms with Gasteiger partial charge in [-0.1, -0.05) is 0 Å². The number of carbonyl (C=O) groups is 1. The first-order valence-electron chi connectivity index (χ1n) is 5.64. The molecule has 0 aromatic carbocycles. The number of nitrogens with zero attached hydrogens (tertiary/aromatic N) is 1. The number of thioether (sulfide) groups is 1. The topological polar surface area (TPSA) is 40.5 Å². The molecule has 0 saturated carbocycles. The molecular weight excluding hydrogens is 254 g/mol. The zero-order valence-electron chi connectivity index (χ0n) is 10.1. The van der Waals surface area contributed by atoms with Crippen LogP contribution in [0.5, 0.6) is 0 Å². The SMILES string of the molecule is CC1(C)CN(Cc2ccsc2C(=O)O)CCS1. The molecule has 2 heterocycles. The lowest BCUT2D eigenvalue weighted by atomic mass is 10.1. The Bertz CT molecular complexity index is 414. The predicted octanol–water partition coefficient (Wildman–Crippen LogP) is 2.77. The van der Waals surface area contributed by atoms with Gasteiger partial charge in [-0.3, -0.25) is 4.90 Å². The minimum absolute atomic E-state index is 0.275. The van der Waals surface area contributed by atoms with E-state index < -0.39 is 5.97 Å². The van der Waals surface area contributed by atoms with Crippen LogP contribution < -0.4 is 0 Å². The second-order valence-electron chi connectivity index (χ2n) is 4.90. The van der Waals surface area contributed by atoms with Gasteiger partial charge in [0.1, 0.15) is 4.88 Å². The van der Waals surface area contributed by atoms with Crippen LogP contribution in [0.3, 0.4) is 0 Å². The van der Waals surface area contributed by atoms with Gasteiger partial charge in [0, 0.05) is 30.1 Å². The van der Waals surface area contributed by atoms with Crippen molar-refractivity contribution in [1.82, 2.24) is 4.90 Å². The van der Waals surface area contributed by atoms with Gasteiger partial charge in [-0.05, 0) is 30.9 Å². The Morgan fingerprint density at radius 2 is 2.35 bits per heavy atom. The number of carboxylic acid groups (broad SMARTS) is 1. The Morgan fingerprint density at radius 1 is 1.59 bits per heavy atom. The lowest BCUT2D eigenvalue weighted by Gasteiger charge is -2.37. The lowest BCUT2D eigenvalue weighted by molar-refractivity contribution is 0.0700. The third-order valence-electron chi connectivity index (χ3n) is 2.84. The molecule has 1 aromatic rings. The summed E-state index contributed by atoms with van der Waals surface area (Å²) in [4.78, 5) is 13.9. The van der Waals surface area contributed by atoms with E-state index >= 15 is 0 Å². The van der Waals surface area contributed by atoms with Crippen molar-refractivity contribution >= 4 is 29.1 Å². The van der Waals surface area contributed by atoms with Crippen LogP contribution in [0.2, 0.25) is 0 Å². The summed E-state index contributed by atoms with van der Waals surface area (Å²) in [6.45, 7) is 7.32. The van der Waals surface area contributed by atoms with Gasteiger partial charge in [-0.25, -0.2) is 4.79 Å². The molecule has 0 unspecified atom stereocenters. The average Bonchev–Trinajstić information content (AvgIpc) is 2.64. The molecule has 2 rings (SSSR count).